The minimum atomic E-state index is -1.88. The zero-order chi connectivity index (χ0) is 20.5. The molecule has 0 aliphatic rings. The second-order valence-corrected chi connectivity index (χ2v) is 6.02. The molecule has 0 fully saturated rings. The maximum Gasteiger partial charge on any atom is 0.252 e. The monoisotopic (exact) mass is 388 g/mol. The quantitative estimate of drug-likeness (QED) is 0.493. The van der Waals surface area contributed by atoms with E-state index >= 15 is 0 Å². The number of nitrogens with one attached hydrogen (secondary N) is 2. The maximum absolute atomic E-state index is 12.0. The second kappa shape index (κ2) is 10.3. The van der Waals surface area contributed by atoms with Crippen molar-refractivity contribution in [3.8, 4) is 11.5 Å². The van der Waals surface area contributed by atoms with Gasteiger partial charge in [-0.15, -0.1) is 0 Å². The van der Waals surface area contributed by atoms with Gasteiger partial charge in [-0.1, -0.05) is 24.3 Å². The lowest BCUT2D eigenvalue weighted by molar-refractivity contribution is -0.146. The standard InChI is InChI=1S/C20H24N2O6/c1-27-15-7-3-13(4-8-15)11-21-19(25)17(23)18(24)20(26)22-12-14-5-9-16(28-2)10-6-14/h3-10,17-18,23-24H,11-12H2,1-2H3,(H,21,25)(H,22,26)/t17-,18-/m0/s1. The molecule has 0 saturated heterocycles. The van der Waals surface area contributed by atoms with Crippen molar-refractivity contribution in [3.05, 3.63) is 59.7 Å². The highest BCUT2D eigenvalue weighted by atomic mass is 16.5. The van der Waals surface area contributed by atoms with Crippen LogP contribution in [0, 0.1) is 0 Å². The Bertz CT molecular complexity index is 709. The van der Waals surface area contributed by atoms with Crippen LogP contribution in [0.4, 0.5) is 0 Å². The first kappa shape index (κ1) is 21.2. The van der Waals surface area contributed by atoms with Gasteiger partial charge in [-0.25, -0.2) is 0 Å². The van der Waals surface area contributed by atoms with Gasteiger partial charge in [-0.05, 0) is 35.4 Å². The summed E-state index contributed by atoms with van der Waals surface area (Å²) in [7, 11) is 3.10. The van der Waals surface area contributed by atoms with Crippen LogP contribution in [0.1, 0.15) is 11.1 Å². The number of hydrogen-bond donors (Lipinski definition) is 4. The third-order valence-electron chi connectivity index (χ3n) is 4.09. The van der Waals surface area contributed by atoms with Crippen LogP contribution in [0.25, 0.3) is 0 Å². The molecule has 0 unspecified atom stereocenters. The molecule has 2 aromatic rings. The van der Waals surface area contributed by atoms with Crippen molar-refractivity contribution in [1.29, 1.82) is 0 Å². The topological polar surface area (TPSA) is 117 Å². The number of methoxy groups -OCH3 is 2. The fourth-order valence-corrected chi connectivity index (χ4v) is 2.36. The van der Waals surface area contributed by atoms with Gasteiger partial charge in [0.15, 0.2) is 12.2 Å². The third kappa shape index (κ3) is 5.97. The van der Waals surface area contributed by atoms with E-state index in [-0.39, 0.29) is 13.1 Å². The number of carbonyl (C=O) groups excluding carboxylic acids is 2. The molecule has 2 rings (SSSR count). The number of benzene rings is 2. The number of amides is 2. The predicted molar refractivity (Wildman–Crippen MR) is 102 cm³/mol. The van der Waals surface area contributed by atoms with Gasteiger partial charge >= 0.3 is 0 Å². The van der Waals surface area contributed by atoms with E-state index in [9.17, 15) is 19.8 Å². The molecule has 0 aliphatic heterocycles. The summed E-state index contributed by atoms with van der Waals surface area (Å²) in [6.45, 7) is 0.278. The van der Waals surface area contributed by atoms with E-state index in [2.05, 4.69) is 10.6 Å². The maximum atomic E-state index is 12.0. The fraction of sp³-hybridized carbons (Fsp3) is 0.300. The molecule has 2 atom stereocenters. The Morgan fingerprint density at radius 1 is 0.750 bits per heavy atom. The van der Waals surface area contributed by atoms with Crippen LogP contribution in [0.15, 0.2) is 48.5 Å². The molecule has 0 radical (unpaired) electrons. The Morgan fingerprint density at radius 3 is 1.36 bits per heavy atom. The largest absolute Gasteiger partial charge is 0.497 e. The first-order valence-corrected chi connectivity index (χ1v) is 8.62. The van der Waals surface area contributed by atoms with Gasteiger partial charge in [0.05, 0.1) is 14.2 Å². The summed E-state index contributed by atoms with van der Waals surface area (Å²) in [5.74, 6) is -0.330. The van der Waals surface area contributed by atoms with Crippen LogP contribution >= 0.6 is 0 Å². The SMILES string of the molecule is COc1ccc(CNC(=O)[C@@H](O)[C@H](O)C(=O)NCc2ccc(OC)cc2)cc1. The number of rotatable bonds is 9. The average Bonchev–Trinajstić information content (AvgIpc) is 2.75. The van der Waals surface area contributed by atoms with E-state index in [0.717, 1.165) is 11.1 Å². The van der Waals surface area contributed by atoms with E-state index in [0.29, 0.717) is 11.5 Å². The first-order valence-electron chi connectivity index (χ1n) is 8.62. The van der Waals surface area contributed by atoms with E-state index in [1.165, 1.54) is 0 Å². The Hall–Kier alpha value is -3.10. The smallest absolute Gasteiger partial charge is 0.252 e. The van der Waals surface area contributed by atoms with Gasteiger partial charge in [0.2, 0.25) is 0 Å². The van der Waals surface area contributed by atoms with Gasteiger partial charge in [0.25, 0.3) is 11.8 Å². The van der Waals surface area contributed by atoms with Crippen LogP contribution in [-0.2, 0) is 22.7 Å². The summed E-state index contributed by atoms with van der Waals surface area (Å²) in [6.07, 6.45) is -3.76. The normalized spacial score (nSPS) is 12.6. The molecule has 0 saturated carbocycles. The van der Waals surface area contributed by atoms with Crippen LogP contribution in [0.3, 0.4) is 0 Å². The Kier molecular flexibility index (Phi) is 7.79. The Morgan fingerprint density at radius 2 is 1.07 bits per heavy atom. The molecule has 0 aliphatic carbocycles. The van der Waals surface area contributed by atoms with Crippen molar-refractivity contribution in [2.24, 2.45) is 0 Å². The van der Waals surface area contributed by atoms with Crippen LogP contribution in [0.2, 0.25) is 0 Å². The third-order valence-corrected chi connectivity index (χ3v) is 4.09. The minimum Gasteiger partial charge on any atom is -0.497 e. The molecule has 0 bridgehead atoms. The molecule has 2 amide bonds. The lowest BCUT2D eigenvalue weighted by atomic mass is 10.1. The summed E-state index contributed by atoms with van der Waals surface area (Å²) in [4.78, 5) is 24.0. The van der Waals surface area contributed by atoms with Crippen molar-refractivity contribution < 1.29 is 29.3 Å². The Balaban J connectivity index is 1.80. The van der Waals surface area contributed by atoms with Crippen molar-refractivity contribution >= 4 is 11.8 Å². The van der Waals surface area contributed by atoms with Gasteiger partial charge < -0.3 is 30.3 Å². The molecule has 0 aromatic heterocycles. The molecule has 28 heavy (non-hydrogen) atoms. The summed E-state index contributed by atoms with van der Waals surface area (Å²) in [5, 5.41) is 24.8. The molecule has 8 heteroatoms. The molecule has 8 nitrogen and oxygen atoms in total. The molecule has 150 valence electrons. The number of carbonyl (C=O) groups is 2. The van der Waals surface area contributed by atoms with Crippen molar-refractivity contribution in [3.63, 3.8) is 0 Å². The number of hydrogen-bond acceptors (Lipinski definition) is 6. The molecular weight excluding hydrogens is 364 g/mol. The van der Waals surface area contributed by atoms with Gasteiger partial charge in [-0.2, -0.15) is 0 Å². The minimum absolute atomic E-state index is 0.139. The highest BCUT2D eigenvalue weighted by molar-refractivity contribution is 5.90. The number of ether oxygens (including phenoxy) is 2. The van der Waals surface area contributed by atoms with E-state index < -0.39 is 24.0 Å². The molecule has 0 heterocycles. The van der Waals surface area contributed by atoms with Crippen molar-refractivity contribution in [2.45, 2.75) is 25.3 Å². The van der Waals surface area contributed by atoms with Gasteiger partial charge in [-0.3, -0.25) is 9.59 Å². The van der Waals surface area contributed by atoms with E-state index in [1.807, 2.05) is 0 Å². The summed E-state index contributed by atoms with van der Waals surface area (Å²) in [6, 6.07) is 14.0. The zero-order valence-electron chi connectivity index (χ0n) is 15.7. The van der Waals surface area contributed by atoms with Gasteiger partial charge in [0, 0.05) is 13.1 Å². The molecular formula is C20H24N2O6. The lowest BCUT2D eigenvalue weighted by Crippen LogP contribution is -2.49. The van der Waals surface area contributed by atoms with Crippen molar-refractivity contribution in [2.75, 3.05) is 14.2 Å². The average molecular weight is 388 g/mol. The number of aliphatic hydroxyl groups excluding tert-OH is 2. The van der Waals surface area contributed by atoms with Crippen molar-refractivity contribution in [1.82, 2.24) is 10.6 Å². The fourth-order valence-electron chi connectivity index (χ4n) is 2.36. The van der Waals surface area contributed by atoms with Gasteiger partial charge in [0.1, 0.15) is 11.5 Å². The predicted octanol–water partition coefficient (Wildman–Crippen LogP) is 0.358. The van der Waals surface area contributed by atoms with Crippen LogP contribution in [0.5, 0.6) is 11.5 Å². The second-order valence-electron chi connectivity index (χ2n) is 6.02. The zero-order valence-corrected chi connectivity index (χ0v) is 15.7. The first-order chi connectivity index (χ1) is 13.4. The molecule has 0 spiro atoms. The van der Waals surface area contributed by atoms with E-state index in [4.69, 9.17) is 9.47 Å². The molecule has 4 N–H and O–H groups in total. The van der Waals surface area contributed by atoms with Crippen LogP contribution < -0.4 is 20.1 Å². The summed E-state index contributed by atoms with van der Waals surface area (Å²) in [5.41, 5.74) is 1.56. The summed E-state index contributed by atoms with van der Waals surface area (Å²) >= 11 is 0. The Labute approximate surface area is 163 Å². The highest BCUT2D eigenvalue weighted by Crippen LogP contribution is 2.12. The lowest BCUT2D eigenvalue weighted by Gasteiger charge is -2.17. The van der Waals surface area contributed by atoms with E-state index in [1.54, 1.807) is 62.8 Å². The number of aliphatic hydroxyl groups is 2. The molecule has 2 aromatic carbocycles. The summed E-state index contributed by atoms with van der Waals surface area (Å²) < 4.78 is 10.1. The van der Waals surface area contributed by atoms with Crippen LogP contribution in [-0.4, -0.2) is 48.5 Å². The highest BCUT2D eigenvalue weighted by Gasteiger charge is 2.29.